The summed E-state index contributed by atoms with van der Waals surface area (Å²) in [7, 11) is -1.39. The van der Waals surface area contributed by atoms with E-state index in [4.69, 9.17) is 5.10 Å². The van der Waals surface area contributed by atoms with E-state index < -0.39 is 8.07 Å². The van der Waals surface area contributed by atoms with Crippen molar-refractivity contribution >= 4 is 39.0 Å². The van der Waals surface area contributed by atoms with E-state index in [-0.39, 0.29) is 25.2 Å². The van der Waals surface area contributed by atoms with E-state index >= 15 is 0 Å². The van der Waals surface area contributed by atoms with Gasteiger partial charge in [-0.1, -0.05) is 6.07 Å². The molecule has 0 radical (unpaired) electrons. The van der Waals surface area contributed by atoms with Crippen molar-refractivity contribution in [2.75, 3.05) is 6.54 Å². The third-order valence-corrected chi connectivity index (χ3v) is 10.9. The Hall–Kier alpha value is -2.12. The van der Waals surface area contributed by atoms with Gasteiger partial charge in [0.2, 0.25) is 0 Å². The van der Waals surface area contributed by atoms with Gasteiger partial charge in [-0.05, 0) is 0 Å². The molecule has 1 saturated carbocycles. The number of nitrogens with zero attached hydrogens (tertiary/aromatic N) is 2. The number of ketones is 1. The Kier molecular flexibility index (Phi) is 8.61. The van der Waals surface area contributed by atoms with Gasteiger partial charge in [0.15, 0.2) is 0 Å². The van der Waals surface area contributed by atoms with Crippen LogP contribution in [0.15, 0.2) is 65.8 Å². The van der Waals surface area contributed by atoms with Crippen molar-refractivity contribution in [3.63, 3.8) is 0 Å². The Morgan fingerprint density at radius 3 is 2.44 bits per heavy atom. The summed E-state index contributed by atoms with van der Waals surface area (Å²) in [6.07, 6.45) is 4.70. The van der Waals surface area contributed by atoms with Crippen LogP contribution in [0.5, 0.6) is 0 Å². The molecule has 1 heterocycles. The average molecular weight is 564 g/mol. The molecule has 0 aromatic heterocycles. The summed E-state index contributed by atoms with van der Waals surface area (Å²) in [4.78, 5) is 14.1. The van der Waals surface area contributed by atoms with Gasteiger partial charge in [0.1, 0.15) is 0 Å². The molecule has 0 spiro atoms. The minimum atomic E-state index is -1.39. The number of hydrogen-bond acceptors (Lipinski definition) is 3. The second-order valence-electron chi connectivity index (χ2n) is 11.8. The Bertz CT molecular complexity index is 1130. The first kappa shape index (κ1) is 26.9. The first-order chi connectivity index (χ1) is 17.1. The number of hydrogen-bond donors (Lipinski definition) is 0. The van der Waals surface area contributed by atoms with E-state index in [0.29, 0.717) is 17.7 Å². The van der Waals surface area contributed by atoms with E-state index in [1.165, 1.54) is 15.7 Å². The molecule has 0 amide bonds. The van der Waals surface area contributed by atoms with Crippen LogP contribution in [0.3, 0.4) is 0 Å². The Morgan fingerprint density at radius 2 is 1.78 bits per heavy atom. The molecule has 2 aromatic rings. The van der Waals surface area contributed by atoms with Gasteiger partial charge in [0.05, 0.1) is 0 Å². The number of hydrazone groups is 1. The molecule has 3 atom stereocenters. The van der Waals surface area contributed by atoms with Crippen LogP contribution >= 0.6 is 0 Å². The van der Waals surface area contributed by atoms with Gasteiger partial charge in [0.25, 0.3) is 0 Å². The van der Waals surface area contributed by atoms with Gasteiger partial charge in [0, 0.05) is 0 Å². The first-order valence-electron chi connectivity index (χ1n) is 13.3. The quantitative estimate of drug-likeness (QED) is 0.205. The summed E-state index contributed by atoms with van der Waals surface area (Å²) >= 11 is 0.120. The molecule has 1 aliphatic heterocycles. The zero-order valence-electron chi connectivity index (χ0n) is 22.5. The molecule has 36 heavy (non-hydrogen) atoms. The fraction of sp³-hybridized carbons (Fsp3) is 0.484. The number of carbonyl (C=O) groups excluding carboxylic acids is 1. The summed E-state index contributed by atoms with van der Waals surface area (Å²) in [5.74, 6) is 4.21. The van der Waals surface area contributed by atoms with Crippen molar-refractivity contribution in [3.8, 4) is 11.5 Å². The Balaban J connectivity index is 1.41. The molecule has 2 aromatic carbocycles. The summed E-state index contributed by atoms with van der Waals surface area (Å²) in [5, 5.41) is 7.20. The Labute approximate surface area is 225 Å². The van der Waals surface area contributed by atoms with Crippen LogP contribution in [0.4, 0.5) is 0 Å². The third kappa shape index (κ3) is 7.22. The number of rotatable bonds is 9. The summed E-state index contributed by atoms with van der Waals surface area (Å²) in [6, 6.07) is 21.6. The Morgan fingerprint density at radius 1 is 1.11 bits per heavy atom. The van der Waals surface area contributed by atoms with E-state index in [2.05, 4.69) is 111 Å². The molecular formula is C31H40N2OSeSi. The zero-order valence-corrected chi connectivity index (χ0v) is 25.2. The van der Waals surface area contributed by atoms with Crippen LogP contribution in [-0.4, -0.2) is 46.1 Å². The average Bonchev–Trinajstić information content (AvgIpc) is 3.45. The number of Topliss-reactive ketones (excluding diaryl/α,β-unsaturated/α-hetero) is 1. The zero-order chi connectivity index (χ0) is 25.8. The second-order valence-corrected chi connectivity index (χ2v) is 19.2. The van der Waals surface area contributed by atoms with Crippen molar-refractivity contribution in [2.24, 2.45) is 16.4 Å². The van der Waals surface area contributed by atoms with Gasteiger partial charge in [-0.3, -0.25) is 0 Å². The molecule has 1 saturated heterocycles. The van der Waals surface area contributed by atoms with Crippen molar-refractivity contribution in [1.82, 2.24) is 5.01 Å². The van der Waals surface area contributed by atoms with E-state index in [9.17, 15) is 4.79 Å². The van der Waals surface area contributed by atoms with E-state index in [1.54, 1.807) is 0 Å². The van der Waals surface area contributed by atoms with Crippen LogP contribution in [0.2, 0.25) is 24.5 Å². The standard InChI is InChI=1S/C31H40N2OSeSi/c1-31(2,25-19-20-26(22-25)32-33-23-28(33)24-14-8-6-9-15-24)30(34)29(18-12-13-21-36(3,4)5)35-27-16-10-7-11-17-27/h6-11,14-17,25,28-29H,12,18-20,22-23H2,1-5H3/b32-26-. The normalized spacial score (nSPS) is 21.7. The van der Waals surface area contributed by atoms with Crippen LogP contribution in [0, 0.1) is 22.8 Å². The number of benzene rings is 2. The molecule has 2 fully saturated rings. The minimum absolute atomic E-state index is 0.0708. The van der Waals surface area contributed by atoms with Gasteiger partial charge < -0.3 is 0 Å². The van der Waals surface area contributed by atoms with Crippen LogP contribution < -0.4 is 4.46 Å². The fourth-order valence-electron chi connectivity index (χ4n) is 4.97. The monoisotopic (exact) mass is 564 g/mol. The predicted molar refractivity (Wildman–Crippen MR) is 155 cm³/mol. The molecule has 190 valence electrons. The topological polar surface area (TPSA) is 32.4 Å². The molecule has 1 aliphatic carbocycles. The van der Waals surface area contributed by atoms with Crippen LogP contribution in [-0.2, 0) is 4.79 Å². The molecule has 0 N–H and O–H groups in total. The van der Waals surface area contributed by atoms with Gasteiger partial charge in [-0.2, -0.15) is 0 Å². The molecule has 0 bridgehead atoms. The predicted octanol–water partition coefficient (Wildman–Crippen LogP) is 6.27. The first-order valence-corrected chi connectivity index (χ1v) is 18.6. The fourth-order valence-corrected chi connectivity index (χ4v) is 8.33. The van der Waals surface area contributed by atoms with Crippen molar-refractivity contribution in [2.45, 2.75) is 76.5 Å². The maximum atomic E-state index is 14.1. The summed E-state index contributed by atoms with van der Waals surface area (Å²) in [6.45, 7) is 12.2. The summed E-state index contributed by atoms with van der Waals surface area (Å²) in [5.41, 5.74) is 5.75. The third-order valence-electron chi connectivity index (χ3n) is 7.27. The molecule has 4 rings (SSSR count). The van der Waals surface area contributed by atoms with E-state index in [1.807, 2.05) is 0 Å². The van der Waals surface area contributed by atoms with Gasteiger partial charge in [-0.25, -0.2) is 0 Å². The van der Waals surface area contributed by atoms with Crippen molar-refractivity contribution in [1.29, 1.82) is 0 Å². The molecule has 3 nitrogen and oxygen atoms in total. The van der Waals surface area contributed by atoms with Crippen molar-refractivity contribution in [3.05, 3.63) is 66.2 Å². The van der Waals surface area contributed by atoms with E-state index in [0.717, 1.165) is 38.6 Å². The second kappa shape index (κ2) is 11.5. The molecule has 2 aliphatic rings. The molecule has 5 heteroatoms. The van der Waals surface area contributed by atoms with Gasteiger partial charge >= 0.3 is 220 Å². The maximum absolute atomic E-state index is 14.1. The van der Waals surface area contributed by atoms with Crippen LogP contribution in [0.25, 0.3) is 0 Å². The number of carbonyl (C=O) groups is 1. The van der Waals surface area contributed by atoms with Gasteiger partial charge in [-0.15, -0.1) is 0 Å². The SMILES string of the molecule is CC(C)(C(=O)C(CCC#C[Si](C)(C)C)[Se]c1ccccc1)C1CC/C(=N/N2CC2c2ccccc2)C1. The summed E-state index contributed by atoms with van der Waals surface area (Å²) < 4.78 is 1.31. The van der Waals surface area contributed by atoms with Crippen molar-refractivity contribution < 1.29 is 4.79 Å². The van der Waals surface area contributed by atoms with Crippen LogP contribution in [0.1, 0.15) is 57.6 Å². The molecular weight excluding hydrogens is 523 g/mol. The molecule has 3 unspecified atom stereocenters.